The van der Waals surface area contributed by atoms with Crippen molar-refractivity contribution in [2.45, 2.75) is 12.1 Å². The summed E-state index contributed by atoms with van der Waals surface area (Å²) in [6.07, 6.45) is 0. The molecule has 1 aliphatic carbocycles. The molecule has 0 fully saturated rings. The minimum Gasteiger partial charge on any atom is -0.293 e. The van der Waals surface area contributed by atoms with E-state index < -0.39 is 12.0 Å². The average Bonchev–Trinajstić information content (AvgIpc) is 3.19. The van der Waals surface area contributed by atoms with Gasteiger partial charge in [0.05, 0.1) is 0 Å². The molecule has 3 aromatic rings. The summed E-state index contributed by atoms with van der Waals surface area (Å²) in [4.78, 5) is 26.4. The average molecular weight is 367 g/mol. The fourth-order valence-electron chi connectivity index (χ4n) is 4.37. The highest BCUT2D eigenvalue weighted by atomic mass is 16.1. The Bertz CT molecular complexity index is 1050. The van der Waals surface area contributed by atoms with Crippen molar-refractivity contribution < 1.29 is 14.3 Å². The Kier molecular flexibility index (Phi) is 3.97. The van der Waals surface area contributed by atoms with Crippen LogP contribution in [0.1, 0.15) is 37.9 Å². The van der Waals surface area contributed by atoms with E-state index in [1.165, 1.54) is 0 Å². The van der Waals surface area contributed by atoms with E-state index in [0.717, 1.165) is 11.1 Å². The van der Waals surface area contributed by atoms with Gasteiger partial charge in [-0.2, -0.15) is 0 Å². The van der Waals surface area contributed by atoms with Crippen LogP contribution in [0.25, 0.3) is 0 Å². The second-order valence-electron chi connectivity index (χ2n) is 7.25. The van der Waals surface area contributed by atoms with Crippen LogP contribution in [0.3, 0.4) is 0 Å². The Morgan fingerprint density at radius 1 is 0.714 bits per heavy atom. The zero-order valence-electron chi connectivity index (χ0n) is 15.2. The van der Waals surface area contributed by atoms with Crippen molar-refractivity contribution in [1.82, 2.24) is 0 Å². The lowest BCUT2D eigenvalue weighted by Gasteiger charge is -2.24. The van der Waals surface area contributed by atoms with Crippen molar-refractivity contribution in [3.8, 4) is 0 Å². The summed E-state index contributed by atoms with van der Waals surface area (Å²) >= 11 is 0. The van der Waals surface area contributed by atoms with Gasteiger partial charge in [-0.05, 0) is 5.11 Å². The van der Waals surface area contributed by atoms with Gasteiger partial charge in [0.1, 0.15) is 12.5 Å². The number of Topliss-reactive ketones (excluding diaryl/α,β-unsaturated/α-hetero) is 2. The Morgan fingerprint density at radius 3 is 1.79 bits per heavy atom. The molecule has 5 rings (SSSR count). The molecule has 4 heteroatoms. The molecule has 0 amide bonds. The van der Waals surface area contributed by atoms with E-state index in [2.05, 4.69) is 0 Å². The largest absolute Gasteiger partial charge is 0.293 e. The van der Waals surface area contributed by atoms with Crippen LogP contribution in [-0.4, -0.2) is 28.9 Å². The molecular weight excluding hydrogens is 348 g/mol. The summed E-state index contributed by atoms with van der Waals surface area (Å²) in [6, 6.07) is 26.4. The van der Waals surface area contributed by atoms with Gasteiger partial charge in [0.25, 0.3) is 6.04 Å². The Balaban J connectivity index is 1.64. The van der Waals surface area contributed by atoms with Gasteiger partial charge >= 0.3 is 0 Å². The summed E-state index contributed by atoms with van der Waals surface area (Å²) in [5, 5.41) is 4.71. The van der Waals surface area contributed by atoms with Gasteiger partial charge in [-0.25, -0.2) is 0 Å². The molecule has 28 heavy (non-hydrogen) atoms. The van der Waals surface area contributed by atoms with Gasteiger partial charge in [0.15, 0.2) is 5.78 Å². The second kappa shape index (κ2) is 6.64. The molecule has 0 aromatic heterocycles. The monoisotopic (exact) mass is 367 g/mol. The van der Waals surface area contributed by atoms with Gasteiger partial charge in [0.2, 0.25) is 11.8 Å². The molecule has 2 unspecified atom stereocenters. The minimum absolute atomic E-state index is 0.0155. The maximum absolute atomic E-state index is 13.4. The van der Waals surface area contributed by atoms with Gasteiger partial charge in [-0.1, -0.05) is 84.9 Å². The van der Waals surface area contributed by atoms with Gasteiger partial charge in [0, 0.05) is 22.3 Å². The third-order valence-corrected chi connectivity index (χ3v) is 5.67. The molecule has 3 aromatic carbocycles. The Labute approximate surface area is 163 Å². The number of hydrogen-bond donors (Lipinski definition) is 0. The van der Waals surface area contributed by atoms with E-state index in [-0.39, 0.29) is 17.6 Å². The second-order valence-corrected chi connectivity index (χ2v) is 7.25. The standard InChI is InChI=1S/C24H19N2O2/c27-23-18-13-7-8-14-19(18)24(28)22-20(23)15-25-26(22)21(16-9-3-1-4-10-16)17-11-5-2-6-12-17/h1-14,20-22H,15H2/q+1. The predicted molar refractivity (Wildman–Crippen MR) is 105 cm³/mol. The van der Waals surface area contributed by atoms with Crippen LogP contribution in [0, 0.1) is 5.92 Å². The van der Waals surface area contributed by atoms with E-state index in [0.29, 0.717) is 17.7 Å². The molecule has 0 radical (unpaired) electrons. The van der Waals surface area contributed by atoms with E-state index in [1.54, 1.807) is 12.1 Å². The van der Waals surface area contributed by atoms with Crippen molar-refractivity contribution >= 4 is 11.6 Å². The molecule has 0 bridgehead atoms. The maximum atomic E-state index is 13.4. The highest BCUT2D eigenvalue weighted by Gasteiger charge is 2.55. The fourth-order valence-corrected chi connectivity index (χ4v) is 4.37. The number of benzene rings is 3. The number of azo groups is 2. The lowest BCUT2D eigenvalue weighted by atomic mass is 9.78. The summed E-state index contributed by atoms with van der Waals surface area (Å²) in [5.74, 6) is -0.415. The first-order chi connectivity index (χ1) is 13.8. The maximum Gasteiger partial charge on any atom is 0.253 e. The van der Waals surface area contributed by atoms with Crippen LogP contribution in [0.4, 0.5) is 0 Å². The van der Waals surface area contributed by atoms with Crippen LogP contribution in [0.5, 0.6) is 0 Å². The lowest BCUT2D eigenvalue weighted by Crippen LogP contribution is -2.45. The van der Waals surface area contributed by atoms with Crippen molar-refractivity contribution in [3.63, 3.8) is 0 Å². The third-order valence-electron chi connectivity index (χ3n) is 5.67. The first-order valence-electron chi connectivity index (χ1n) is 9.49. The quantitative estimate of drug-likeness (QED) is 0.648. The first kappa shape index (κ1) is 16.8. The highest BCUT2D eigenvalue weighted by molar-refractivity contribution is 6.17. The van der Waals surface area contributed by atoms with Crippen molar-refractivity contribution in [2.24, 2.45) is 11.0 Å². The fraction of sp³-hybridized carbons (Fsp3) is 0.167. The number of fused-ring (bicyclic) bond motifs is 2. The van der Waals surface area contributed by atoms with Gasteiger partial charge < -0.3 is 0 Å². The summed E-state index contributed by atoms with van der Waals surface area (Å²) in [7, 11) is 0. The molecule has 1 heterocycles. The number of ketones is 2. The van der Waals surface area contributed by atoms with Gasteiger partial charge in [-0.3, -0.25) is 9.59 Å². The summed E-state index contributed by atoms with van der Waals surface area (Å²) < 4.78 is 1.87. The van der Waals surface area contributed by atoms with Gasteiger partial charge in [-0.15, -0.1) is 4.70 Å². The molecular formula is C24H19N2O2+. The van der Waals surface area contributed by atoms with Crippen molar-refractivity contribution in [3.05, 3.63) is 107 Å². The highest BCUT2D eigenvalue weighted by Crippen LogP contribution is 2.37. The van der Waals surface area contributed by atoms with E-state index >= 15 is 0 Å². The molecule has 4 nitrogen and oxygen atoms in total. The summed E-state index contributed by atoms with van der Waals surface area (Å²) in [6.45, 7) is 0.347. The number of hydrogen-bond acceptors (Lipinski definition) is 3. The van der Waals surface area contributed by atoms with Crippen LogP contribution in [-0.2, 0) is 0 Å². The van der Waals surface area contributed by atoms with Crippen LogP contribution in [0.2, 0.25) is 0 Å². The van der Waals surface area contributed by atoms with Crippen LogP contribution < -0.4 is 0 Å². The Hall–Kier alpha value is -3.40. The lowest BCUT2D eigenvalue weighted by molar-refractivity contribution is -0.634. The SMILES string of the molecule is O=C1c2ccccc2C(=O)C2C1CN=[N+]2C(c1ccccc1)c1ccccc1. The number of carbonyl (C=O) groups excluding carboxylic acids is 2. The normalized spacial score (nSPS) is 20.7. The molecule has 2 aliphatic rings. The Morgan fingerprint density at radius 2 is 1.21 bits per heavy atom. The minimum atomic E-state index is -0.562. The van der Waals surface area contributed by atoms with Crippen molar-refractivity contribution in [2.75, 3.05) is 6.54 Å². The third kappa shape index (κ3) is 2.53. The molecule has 2 atom stereocenters. The van der Waals surface area contributed by atoms with E-state index in [1.807, 2.05) is 77.5 Å². The van der Waals surface area contributed by atoms with Crippen molar-refractivity contribution in [1.29, 1.82) is 0 Å². The first-order valence-corrected chi connectivity index (χ1v) is 9.49. The molecule has 0 N–H and O–H groups in total. The van der Waals surface area contributed by atoms with Crippen LogP contribution >= 0.6 is 0 Å². The predicted octanol–water partition coefficient (Wildman–Crippen LogP) is 4.32. The van der Waals surface area contributed by atoms with Crippen LogP contribution in [0.15, 0.2) is 90.0 Å². The zero-order valence-corrected chi connectivity index (χ0v) is 15.2. The topological polar surface area (TPSA) is 49.5 Å². The molecule has 0 saturated heterocycles. The molecule has 0 spiro atoms. The summed E-state index contributed by atoms with van der Waals surface area (Å²) in [5.41, 5.74) is 3.15. The number of carbonyl (C=O) groups is 2. The molecule has 136 valence electrons. The molecule has 1 aliphatic heterocycles. The smallest absolute Gasteiger partial charge is 0.253 e. The number of rotatable bonds is 3. The molecule has 0 saturated carbocycles. The zero-order chi connectivity index (χ0) is 19.1. The number of nitrogens with zero attached hydrogens (tertiary/aromatic N) is 2. The van der Waals surface area contributed by atoms with E-state index in [9.17, 15) is 9.59 Å². The van der Waals surface area contributed by atoms with E-state index in [4.69, 9.17) is 5.11 Å².